The van der Waals surface area contributed by atoms with Gasteiger partial charge in [-0.25, -0.2) is 4.98 Å². The summed E-state index contributed by atoms with van der Waals surface area (Å²) in [5, 5.41) is 12.8. The van der Waals surface area contributed by atoms with Crippen molar-refractivity contribution in [3.63, 3.8) is 0 Å². The zero-order valence-corrected chi connectivity index (χ0v) is 12.1. The number of hydrogen-bond acceptors (Lipinski definition) is 5. The molecule has 0 spiro atoms. The minimum atomic E-state index is 0.703. The summed E-state index contributed by atoms with van der Waals surface area (Å²) in [6, 6.07) is 16.2. The van der Waals surface area contributed by atoms with E-state index < -0.39 is 0 Å². The van der Waals surface area contributed by atoms with Gasteiger partial charge in [0.05, 0.1) is 10.2 Å². The van der Waals surface area contributed by atoms with Crippen LogP contribution < -0.4 is 0 Å². The highest BCUT2D eigenvalue weighted by Gasteiger charge is 2.14. The van der Waals surface area contributed by atoms with Gasteiger partial charge in [0.2, 0.25) is 5.13 Å². The Hall–Kier alpha value is -2.60. The van der Waals surface area contributed by atoms with Crippen molar-refractivity contribution in [1.29, 1.82) is 0 Å². The van der Waals surface area contributed by atoms with Crippen LogP contribution in [0.3, 0.4) is 0 Å². The van der Waals surface area contributed by atoms with Gasteiger partial charge in [-0.2, -0.15) is 4.68 Å². The molecule has 0 bridgehead atoms. The number of fused-ring (bicyclic) bond motifs is 1. The molecule has 2 aromatic carbocycles. The van der Waals surface area contributed by atoms with E-state index >= 15 is 0 Å². The molecule has 0 aliphatic rings. The highest BCUT2D eigenvalue weighted by Crippen LogP contribution is 2.27. The van der Waals surface area contributed by atoms with Crippen molar-refractivity contribution in [1.82, 2.24) is 25.2 Å². The molecule has 5 nitrogen and oxygen atoms in total. The summed E-state index contributed by atoms with van der Waals surface area (Å²) >= 11 is 1.58. The number of aryl methyl sites for hydroxylation is 1. The number of hydrogen-bond donors (Lipinski definition) is 0. The molecule has 0 aliphatic carbocycles. The number of nitrogens with zero attached hydrogens (tertiary/aromatic N) is 5. The van der Waals surface area contributed by atoms with Gasteiger partial charge in [-0.05, 0) is 29.5 Å². The monoisotopic (exact) mass is 293 g/mol. The van der Waals surface area contributed by atoms with Crippen molar-refractivity contribution in [2.75, 3.05) is 0 Å². The van der Waals surface area contributed by atoms with Crippen molar-refractivity contribution in [2.45, 2.75) is 6.92 Å². The van der Waals surface area contributed by atoms with Crippen LogP contribution in [-0.4, -0.2) is 25.2 Å². The van der Waals surface area contributed by atoms with Crippen LogP contribution in [0, 0.1) is 6.92 Å². The van der Waals surface area contributed by atoms with Crippen LogP contribution >= 0.6 is 11.3 Å². The average molecular weight is 293 g/mol. The molecule has 0 atom stereocenters. The minimum Gasteiger partial charge on any atom is -0.218 e. The first kappa shape index (κ1) is 12.2. The second-order valence-electron chi connectivity index (χ2n) is 4.74. The van der Waals surface area contributed by atoms with Crippen LogP contribution in [0.2, 0.25) is 0 Å². The van der Waals surface area contributed by atoms with Gasteiger partial charge in [-0.1, -0.05) is 53.3 Å². The van der Waals surface area contributed by atoms with Gasteiger partial charge >= 0.3 is 0 Å². The van der Waals surface area contributed by atoms with Crippen molar-refractivity contribution in [2.24, 2.45) is 0 Å². The molecule has 0 amide bonds. The highest BCUT2D eigenvalue weighted by molar-refractivity contribution is 7.20. The number of aromatic nitrogens is 5. The van der Waals surface area contributed by atoms with Gasteiger partial charge in [0.25, 0.3) is 0 Å². The average Bonchev–Trinajstić information content (AvgIpc) is 3.14. The molecule has 0 saturated carbocycles. The van der Waals surface area contributed by atoms with Crippen LogP contribution in [0.5, 0.6) is 0 Å². The number of benzene rings is 2. The zero-order chi connectivity index (χ0) is 14.2. The van der Waals surface area contributed by atoms with Crippen molar-refractivity contribution in [3.05, 3.63) is 54.1 Å². The molecule has 4 rings (SSSR count). The lowest BCUT2D eigenvalue weighted by molar-refractivity contribution is 0.788. The maximum absolute atomic E-state index is 4.60. The molecule has 4 aromatic rings. The lowest BCUT2D eigenvalue weighted by Crippen LogP contribution is -1.99. The molecule has 2 aromatic heterocycles. The Morgan fingerprint density at radius 3 is 2.62 bits per heavy atom. The summed E-state index contributed by atoms with van der Waals surface area (Å²) in [7, 11) is 0. The fourth-order valence-corrected chi connectivity index (χ4v) is 3.06. The van der Waals surface area contributed by atoms with Crippen LogP contribution in [0.1, 0.15) is 5.56 Å². The van der Waals surface area contributed by atoms with E-state index in [1.807, 2.05) is 48.5 Å². The summed E-state index contributed by atoms with van der Waals surface area (Å²) in [4.78, 5) is 4.60. The first-order valence-corrected chi connectivity index (χ1v) is 7.34. The molecular weight excluding hydrogens is 282 g/mol. The Bertz CT molecular complexity index is 874. The molecule has 2 heterocycles. The molecule has 0 aliphatic heterocycles. The second kappa shape index (κ2) is 4.75. The van der Waals surface area contributed by atoms with Gasteiger partial charge in [0.1, 0.15) is 0 Å². The predicted octanol–water partition coefficient (Wildman–Crippen LogP) is 3.25. The van der Waals surface area contributed by atoms with Crippen molar-refractivity contribution in [3.8, 4) is 16.5 Å². The summed E-state index contributed by atoms with van der Waals surface area (Å²) in [5.41, 5.74) is 3.14. The lowest BCUT2D eigenvalue weighted by Gasteiger charge is -2.01. The Kier molecular flexibility index (Phi) is 2.75. The fourth-order valence-electron chi connectivity index (χ4n) is 2.15. The van der Waals surface area contributed by atoms with Crippen molar-refractivity contribution < 1.29 is 0 Å². The third kappa shape index (κ3) is 2.09. The number of para-hydroxylation sites is 1. The second-order valence-corrected chi connectivity index (χ2v) is 5.75. The van der Waals surface area contributed by atoms with Gasteiger partial charge in [0.15, 0.2) is 5.82 Å². The molecule has 6 heteroatoms. The summed E-state index contributed by atoms with van der Waals surface area (Å²) in [6.45, 7) is 2.06. The molecule has 21 heavy (non-hydrogen) atoms. The van der Waals surface area contributed by atoms with E-state index in [0.29, 0.717) is 5.82 Å². The Balaban J connectivity index is 1.86. The van der Waals surface area contributed by atoms with E-state index in [9.17, 15) is 0 Å². The fraction of sp³-hybridized carbons (Fsp3) is 0.0667. The zero-order valence-electron chi connectivity index (χ0n) is 11.3. The summed E-state index contributed by atoms with van der Waals surface area (Å²) in [6.07, 6.45) is 0. The summed E-state index contributed by atoms with van der Waals surface area (Å²) in [5.74, 6) is 0.703. The van der Waals surface area contributed by atoms with Crippen LogP contribution in [0.15, 0.2) is 48.5 Å². The molecule has 0 radical (unpaired) electrons. The number of tetrazole rings is 1. The molecule has 0 saturated heterocycles. The minimum absolute atomic E-state index is 0.703. The first-order chi connectivity index (χ1) is 10.3. The highest BCUT2D eigenvalue weighted by atomic mass is 32.1. The quantitative estimate of drug-likeness (QED) is 0.569. The SMILES string of the molecule is Cc1ccc(-c2nnnn2-c2nc3ccccc3s2)cc1. The maximum atomic E-state index is 4.60. The molecular formula is C15H11N5S. The molecule has 0 unspecified atom stereocenters. The third-order valence-electron chi connectivity index (χ3n) is 3.24. The topological polar surface area (TPSA) is 56.5 Å². The van der Waals surface area contributed by atoms with E-state index in [4.69, 9.17) is 0 Å². The van der Waals surface area contributed by atoms with Gasteiger partial charge < -0.3 is 0 Å². The normalized spacial score (nSPS) is 11.1. The summed E-state index contributed by atoms with van der Waals surface area (Å²) < 4.78 is 2.81. The van der Waals surface area contributed by atoms with Crippen LogP contribution in [-0.2, 0) is 0 Å². The smallest absolute Gasteiger partial charge is 0.215 e. The predicted molar refractivity (Wildman–Crippen MR) is 82.5 cm³/mol. The van der Waals surface area contributed by atoms with Gasteiger partial charge in [-0.3, -0.25) is 0 Å². The lowest BCUT2D eigenvalue weighted by atomic mass is 10.1. The Morgan fingerprint density at radius 2 is 1.81 bits per heavy atom. The first-order valence-electron chi connectivity index (χ1n) is 6.52. The van der Waals surface area contributed by atoms with E-state index in [1.54, 1.807) is 16.0 Å². The standard InChI is InChI=1S/C15H11N5S/c1-10-6-8-11(9-7-10)14-17-18-19-20(14)15-16-12-4-2-3-5-13(12)21-15/h2-9H,1H3. The third-order valence-corrected chi connectivity index (χ3v) is 4.25. The van der Waals surface area contributed by atoms with Gasteiger partial charge in [-0.15, -0.1) is 5.10 Å². The van der Waals surface area contributed by atoms with E-state index in [-0.39, 0.29) is 0 Å². The Labute approximate surface area is 124 Å². The van der Waals surface area contributed by atoms with Crippen molar-refractivity contribution >= 4 is 21.6 Å². The van der Waals surface area contributed by atoms with E-state index in [0.717, 1.165) is 20.9 Å². The number of thiazole rings is 1. The molecule has 102 valence electrons. The van der Waals surface area contributed by atoms with Crippen LogP contribution in [0.4, 0.5) is 0 Å². The largest absolute Gasteiger partial charge is 0.218 e. The van der Waals surface area contributed by atoms with Gasteiger partial charge in [0, 0.05) is 5.56 Å². The Morgan fingerprint density at radius 1 is 1.00 bits per heavy atom. The van der Waals surface area contributed by atoms with E-state index in [2.05, 4.69) is 27.4 Å². The van der Waals surface area contributed by atoms with E-state index in [1.165, 1.54) is 5.56 Å². The molecule has 0 N–H and O–H groups in total. The van der Waals surface area contributed by atoms with Crippen LogP contribution in [0.25, 0.3) is 26.7 Å². The maximum Gasteiger partial charge on any atom is 0.215 e. The molecule has 0 fully saturated rings. The number of rotatable bonds is 2.